The first-order valence-corrected chi connectivity index (χ1v) is 11.2. The first kappa shape index (κ1) is 22.7. The monoisotopic (exact) mass is 462 g/mol. The van der Waals surface area contributed by atoms with Gasteiger partial charge in [-0.1, -0.05) is 79.1 Å². The van der Waals surface area contributed by atoms with Crippen molar-refractivity contribution in [1.82, 2.24) is 19.7 Å². The first-order chi connectivity index (χ1) is 14.3. The van der Waals surface area contributed by atoms with Gasteiger partial charge in [-0.25, -0.2) is 0 Å². The minimum absolute atomic E-state index is 0.00336. The molecule has 0 saturated carbocycles. The molecule has 1 heterocycles. The van der Waals surface area contributed by atoms with Crippen LogP contribution in [0.25, 0.3) is 11.4 Å². The number of aromatic nitrogens is 3. The smallest absolute Gasteiger partial charge is 0.240 e. The molecule has 0 aliphatic rings. The van der Waals surface area contributed by atoms with Crippen molar-refractivity contribution in [3.8, 4) is 11.4 Å². The van der Waals surface area contributed by atoms with Crippen molar-refractivity contribution >= 4 is 40.9 Å². The van der Waals surface area contributed by atoms with Gasteiger partial charge in [0.2, 0.25) is 5.91 Å². The van der Waals surface area contributed by atoms with E-state index in [0.717, 1.165) is 11.1 Å². The van der Waals surface area contributed by atoms with Crippen LogP contribution in [0, 0.1) is 5.92 Å². The van der Waals surface area contributed by atoms with Crippen molar-refractivity contribution in [2.45, 2.75) is 30.8 Å². The molecule has 0 aliphatic heterocycles. The van der Waals surface area contributed by atoms with Crippen LogP contribution in [0.15, 0.2) is 53.7 Å². The minimum atomic E-state index is -0.426. The average Bonchev–Trinajstić information content (AvgIpc) is 3.07. The number of thioether (sulfide) groups is 1. The number of rotatable bonds is 7. The topological polar surface area (TPSA) is 51.0 Å². The van der Waals surface area contributed by atoms with Crippen molar-refractivity contribution in [3.63, 3.8) is 0 Å². The van der Waals surface area contributed by atoms with Crippen molar-refractivity contribution in [2.24, 2.45) is 5.92 Å². The number of hydrogen-bond donors (Lipinski definition) is 0. The van der Waals surface area contributed by atoms with Crippen LogP contribution < -0.4 is 0 Å². The van der Waals surface area contributed by atoms with Gasteiger partial charge in [-0.15, -0.1) is 10.2 Å². The van der Waals surface area contributed by atoms with E-state index < -0.39 is 5.25 Å². The highest BCUT2D eigenvalue weighted by atomic mass is 35.5. The Morgan fingerprint density at radius 1 is 1.10 bits per heavy atom. The predicted molar refractivity (Wildman–Crippen MR) is 124 cm³/mol. The zero-order valence-electron chi connectivity index (χ0n) is 17.3. The summed E-state index contributed by atoms with van der Waals surface area (Å²) in [5.74, 6) is 1.01. The van der Waals surface area contributed by atoms with Gasteiger partial charge in [0, 0.05) is 31.2 Å². The highest BCUT2D eigenvalue weighted by molar-refractivity contribution is 8.00. The Bertz CT molecular complexity index is 1020. The lowest BCUT2D eigenvalue weighted by Gasteiger charge is -2.21. The molecule has 1 amide bonds. The number of halogens is 2. The third-order valence-corrected chi connectivity index (χ3v) is 6.20. The summed E-state index contributed by atoms with van der Waals surface area (Å²) < 4.78 is 2.03. The Labute approximate surface area is 191 Å². The lowest BCUT2D eigenvalue weighted by molar-refractivity contribution is -0.128. The fourth-order valence-electron chi connectivity index (χ4n) is 3.00. The third-order valence-electron chi connectivity index (χ3n) is 4.43. The fraction of sp³-hybridized carbons (Fsp3) is 0.318. The average molecular weight is 463 g/mol. The van der Waals surface area contributed by atoms with E-state index in [4.69, 9.17) is 23.2 Å². The summed E-state index contributed by atoms with van der Waals surface area (Å²) in [7, 11) is 3.52. The highest BCUT2D eigenvalue weighted by Crippen LogP contribution is 2.38. The zero-order valence-corrected chi connectivity index (χ0v) is 19.7. The Balaban J connectivity index is 2.06. The second kappa shape index (κ2) is 9.86. The lowest BCUT2D eigenvalue weighted by atomic mass is 10.1. The Kier molecular flexibility index (Phi) is 7.45. The van der Waals surface area contributed by atoms with E-state index in [0.29, 0.717) is 33.5 Å². The maximum Gasteiger partial charge on any atom is 0.240 e. The molecule has 0 N–H and O–H groups in total. The molecule has 0 aliphatic carbocycles. The molecule has 1 atom stereocenters. The van der Waals surface area contributed by atoms with Gasteiger partial charge in [-0.2, -0.15) is 0 Å². The summed E-state index contributed by atoms with van der Waals surface area (Å²) in [6.45, 7) is 4.95. The van der Waals surface area contributed by atoms with E-state index >= 15 is 0 Å². The number of nitrogens with zero attached hydrogens (tertiary/aromatic N) is 4. The number of amides is 1. The van der Waals surface area contributed by atoms with Crippen LogP contribution in [0.5, 0.6) is 0 Å². The first-order valence-electron chi connectivity index (χ1n) is 9.59. The van der Waals surface area contributed by atoms with Crippen LogP contribution in [0.1, 0.15) is 24.7 Å². The molecule has 1 aromatic heterocycles. The standard InChI is InChI=1S/C22H24Cl2N4OS/c1-14(2)13-28-20(17-11-10-16(23)12-18(17)24)25-26-22(28)30-19(21(29)27(3)4)15-8-6-5-7-9-15/h5-12,14,19H,13H2,1-4H3. The molecular formula is C22H24Cl2N4OS. The molecule has 5 nitrogen and oxygen atoms in total. The SMILES string of the molecule is CC(C)Cn1c(SC(C(=O)N(C)C)c2ccccc2)nnc1-c1ccc(Cl)cc1Cl. The second-order valence-electron chi connectivity index (χ2n) is 7.58. The molecular weight excluding hydrogens is 439 g/mol. The van der Waals surface area contributed by atoms with Gasteiger partial charge in [-0.05, 0) is 29.7 Å². The molecule has 0 radical (unpaired) electrons. The van der Waals surface area contributed by atoms with Gasteiger partial charge in [0.25, 0.3) is 0 Å². The summed E-state index contributed by atoms with van der Waals surface area (Å²) in [5.41, 5.74) is 1.68. The molecule has 8 heteroatoms. The molecule has 3 aromatic rings. The molecule has 30 heavy (non-hydrogen) atoms. The van der Waals surface area contributed by atoms with Crippen molar-refractivity contribution in [1.29, 1.82) is 0 Å². The van der Waals surface area contributed by atoms with Crippen molar-refractivity contribution in [3.05, 3.63) is 64.1 Å². The molecule has 0 saturated heterocycles. The van der Waals surface area contributed by atoms with Crippen LogP contribution in [0.3, 0.4) is 0 Å². The number of benzene rings is 2. The quantitative estimate of drug-likeness (QED) is 0.414. The van der Waals surface area contributed by atoms with E-state index in [1.54, 1.807) is 31.1 Å². The van der Waals surface area contributed by atoms with Gasteiger partial charge in [0.05, 0.1) is 5.02 Å². The molecule has 0 fully saturated rings. The summed E-state index contributed by atoms with van der Waals surface area (Å²) in [5, 5.41) is 10.2. The van der Waals surface area contributed by atoms with E-state index in [-0.39, 0.29) is 5.91 Å². The van der Waals surface area contributed by atoms with E-state index in [1.807, 2.05) is 41.0 Å². The largest absolute Gasteiger partial charge is 0.348 e. The Morgan fingerprint density at radius 2 is 1.80 bits per heavy atom. The zero-order chi connectivity index (χ0) is 21.8. The number of carbonyl (C=O) groups is 1. The molecule has 1 unspecified atom stereocenters. The summed E-state index contributed by atoms with van der Waals surface area (Å²) in [6, 6.07) is 15.0. The maximum absolute atomic E-state index is 13.0. The third kappa shape index (κ3) is 5.17. The van der Waals surface area contributed by atoms with Crippen molar-refractivity contribution < 1.29 is 4.79 Å². The molecule has 0 spiro atoms. The van der Waals surface area contributed by atoms with E-state index in [1.165, 1.54) is 11.8 Å². The van der Waals surface area contributed by atoms with Crippen LogP contribution in [0.2, 0.25) is 10.0 Å². The minimum Gasteiger partial charge on any atom is -0.348 e. The fourth-order valence-corrected chi connectivity index (χ4v) is 4.69. The van der Waals surface area contributed by atoms with Gasteiger partial charge in [0.15, 0.2) is 11.0 Å². The van der Waals surface area contributed by atoms with Crippen LogP contribution in [0.4, 0.5) is 0 Å². The number of likely N-dealkylation sites (N-methyl/N-ethyl adjacent to an activating group) is 1. The maximum atomic E-state index is 13.0. The molecule has 3 rings (SSSR count). The van der Waals surface area contributed by atoms with E-state index in [9.17, 15) is 4.79 Å². The van der Waals surface area contributed by atoms with Gasteiger partial charge < -0.3 is 9.47 Å². The van der Waals surface area contributed by atoms with Crippen LogP contribution >= 0.6 is 35.0 Å². The highest BCUT2D eigenvalue weighted by Gasteiger charge is 2.27. The van der Waals surface area contributed by atoms with Crippen LogP contribution in [-0.4, -0.2) is 39.7 Å². The normalized spacial score (nSPS) is 12.2. The summed E-state index contributed by atoms with van der Waals surface area (Å²) >= 11 is 13.9. The van der Waals surface area contributed by atoms with E-state index in [2.05, 4.69) is 24.0 Å². The Hall–Kier alpha value is -2.02. The van der Waals surface area contributed by atoms with Gasteiger partial charge in [0.1, 0.15) is 5.25 Å². The summed E-state index contributed by atoms with van der Waals surface area (Å²) in [4.78, 5) is 14.6. The summed E-state index contributed by atoms with van der Waals surface area (Å²) in [6.07, 6.45) is 0. The molecule has 2 aromatic carbocycles. The van der Waals surface area contributed by atoms with Gasteiger partial charge in [-0.3, -0.25) is 4.79 Å². The molecule has 158 valence electrons. The number of hydrogen-bond acceptors (Lipinski definition) is 4. The van der Waals surface area contributed by atoms with Crippen molar-refractivity contribution in [2.75, 3.05) is 14.1 Å². The second-order valence-corrected chi connectivity index (χ2v) is 9.49. The molecule has 0 bridgehead atoms. The van der Waals surface area contributed by atoms with Crippen LogP contribution in [-0.2, 0) is 11.3 Å². The number of carbonyl (C=O) groups excluding carboxylic acids is 1. The lowest BCUT2D eigenvalue weighted by Crippen LogP contribution is -2.27. The predicted octanol–water partition coefficient (Wildman–Crippen LogP) is 5.83. The Morgan fingerprint density at radius 3 is 2.40 bits per heavy atom. The van der Waals surface area contributed by atoms with Gasteiger partial charge >= 0.3 is 0 Å².